The van der Waals surface area contributed by atoms with Crippen molar-refractivity contribution in [3.05, 3.63) is 40.7 Å². The van der Waals surface area contributed by atoms with E-state index < -0.39 is 0 Å². The molecule has 1 aromatic carbocycles. The van der Waals surface area contributed by atoms with Gasteiger partial charge in [-0.1, -0.05) is 30.3 Å². The highest BCUT2D eigenvalue weighted by Crippen LogP contribution is 2.36. The third-order valence-electron chi connectivity index (χ3n) is 4.18. The fraction of sp³-hybridized carbons (Fsp3) is 0.444. The second-order valence-electron chi connectivity index (χ2n) is 6.17. The molecule has 0 saturated carbocycles. The van der Waals surface area contributed by atoms with Crippen molar-refractivity contribution in [2.75, 3.05) is 19.3 Å². The molecule has 2 heterocycles. The van der Waals surface area contributed by atoms with Crippen LogP contribution < -0.4 is 10.6 Å². The van der Waals surface area contributed by atoms with Crippen LogP contribution in [0.3, 0.4) is 0 Å². The van der Waals surface area contributed by atoms with Gasteiger partial charge in [-0.3, -0.25) is 4.99 Å². The smallest absolute Gasteiger partial charge is 0.191 e. The van der Waals surface area contributed by atoms with E-state index in [2.05, 4.69) is 51.8 Å². The molecule has 3 rings (SSSR count). The lowest BCUT2D eigenvalue weighted by molar-refractivity contribution is 0.584. The fourth-order valence-corrected chi connectivity index (χ4v) is 4.75. The lowest BCUT2D eigenvalue weighted by Gasteiger charge is -2.24. The molecule has 0 radical (unpaired) electrons. The molecule has 6 heteroatoms. The summed E-state index contributed by atoms with van der Waals surface area (Å²) in [6, 6.07) is 10.3. The molecule has 1 aliphatic heterocycles. The molecule has 1 aromatic heterocycles. The number of rotatable bonds is 5. The summed E-state index contributed by atoms with van der Waals surface area (Å²) in [6.45, 7) is 3.98. The van der Waals surface area contributed by atoms with Crippen LogP contribution in [0, 0.1) is 0 Å². The second kappa shape index (κ2) is 8.03. The molecule has 0 spiro atoms. The first kappa shape index (κ1) is 17.3. The van der Waals surface area contributed by atoms with E-state index in [1.165, 1.54) is 18.6 Å². The van der Waals surface area contributed by atoms with Crippen molar-refractivity contribution in [2.45, 2.75) is 31.1 Å². The minimum atomic E-state index is 0.333. The van der Waals surface area contributed by atoms with Crippen molar-refractivity contribution in [3.8, 4) is 11.3 Å². The lowest BCUT2D eigenvalue weighted by atomic mass is 10.1. The number of benzene rings is 1. The number of hydrogen-bond donors (Lipinski definition) is 2. The van der Waals surface area contributed by atoms with Crippen LogP contribution in [0.2, 0.25) is 0 Å². The summed E-state index contributed by atoms with van der Waals surface area (Å²) < 4.78 is 0.333. The van der Waals surface area contributed by atoms with Gasteiger partial charge in [0.15, 0.2) is 5.96 Å². The van der Waals surface area contributed by atoms with E-state index >= 15 is 0 Å². The number of nitrogens with one attached hydrogen (secondary N) is 2. The van der Waals surface area contributed by atoms with E-state index in [-0.39, 0.29) is 0 Å². The van der Waals surface area contributed by atoms with E-state index in [0.717, 1.165) is 28.8 Å². The van der Waals surface area contributed by atoms with E-state index in [4.69, 9.17) is 4.98 Å². The highest BCUT2D eigenvalue weighted by Gasteiger charge is 2.29. The van der Waals surface area contributed by atoms with Crippen LogP contribution in [0.1, 0.15) is 24.8 Å². The Hall–Kier alpha value is -1.53. The summed E-state index contributed by atoms with van der Waals surface area (Å²) in [7, 11) is 1.82. The number of aliphatic imine (C=N–C) groups is 1. The van der Waals surface area contributed by atoms with E-state index in [0.29, 0.717) is 11.3 Å². The maximum Gasteiger partial charge on any atom is 0.191 e. The van der Waals surface area contributed by atoms with Crippen LogP contribution in [-0.2, 0) is 6.54 Å². The molecule has 4 nitrogen and oxygen atoms in total. The standard InChI is InChI=1S/C18H24N4S2/c1-18(9-6-10-24-18)13-21-17(19-2)20-11-16-22-15(12-23-16)14-7-4-3-5-8-14/h3-5,7-8,12H,6,9-11,13H2,1-2H3,(H2,19,20,21). The van der Waals surface area contributed by atoms with Gasteiger partial charge in [0.25, 0.3) is 0 Å². The van der Waals surface area contributed by atoms with E-state index in [1.807, 2.05) is 25.2 Å². The van der Waals surface area contributed by atoms with Crippen LogP contribution in [0.25, 0.3) is 11.3 Å². The van der Waals surface area contributed by atoms with E-state index in [1.54, 1.807) is 11.3 Å². The zero-order valence-corrected chi connectivity index (χ0v) is 15.8. The third-order valence-corrected chi connectivity index (χ3v) is 6.57. The lowest BCUT2D eigenvalue weighted by Crippen LogP contribution is -2.43. The Balaban J connectivity index is 1.52. The van der Waals surface area contributed by atoms with Crippen LogP contribution in [0.15, 0.2) is 40.7 Å². The Morgan fingerprint density at radius 1 is 1.29 bits per heavy atom. The van der Waals surface area contributed by atoms with E-state index in [9.17, 15) is 0 Å². The Bertz CT molecular complexity index is 675. The minimum absolute atomic E-state index is 0.333. The van der Waals surface area contributed by atoms with Crippen LogP contribution in [-0.4, -0.2) is 35.0 Å². The van der Waals surface area contributed by atoms with Crippen molar-refractivity contribution in [1.29, 1.82) is 0 Å². The molecule has 0 aliphatic carbocycles. The summed E-state index contributed by atoms with van der Waals surface area (Å²) in [4.78, 5) is 9.03. The molecule has 1 unspecified atom stereocenters. The number of hydrogen-bond acceptors (Lipinski definition) is 4. The zero-order chi connectivity index (χ0) is 16.8. The van der Waals surface area contributed by atoms with Crippen molar-refractivity contribution in [2.24, 2.45) is 4.99 Å². The first-order valence-electron chi connectivity index (χ1n) is 8.27. The van der Waals surface area contributed by atoms with Gasteiger partial charge in [-0.2, -0.15) is 11.8 Å². The molecule has 2 aromatic rings. The quantitative estimate of drug-likeness (QED) is 0.630. The fourth-order valence-electron chi connectivity index (χ4n) is 2.76. The molecular formula is C18H24N4S2. The molecule has 128 valence electrons. The molecule has 2 N–H and O–H groups in total. The summed E-state index contributed by atoms with van der Waals surface area (Å²) in [6.07, 6.45) is 2.59. The number of thioether (sulfide) groups is 1. The van der Waals surface area contributed by atoms with Crippen LogP contribution in [0.4, 0.5) is 0 Å². The summed E-state index contributed by atoms with van der Waals surface area (Å²) in [5.41, 5.74) is 2.20. The van der Waals surface area contributed by atoms with Gasteiger partial charge in [0.05, 0.1) is 12.2 Å². The van der Waals surface area contributed by atoms with Crippen molar-refractivity contribution < 1.29 is 0 Å². The molecular weight excluding hydrogens is 336 g/mol. The van der Waals surface area contributed by atoms with Crippen molar-refractivity contribution in [3.63, 3.8) is 0 Å². The molecule has 0 amide bonds. The van der Waals surface area contributed by atoms with Gasteiger partial charge >= 0.3 is 0 Å². The summed E-state index contributed by atoms with van der Waals surface area (Å²) in [5, 5.41) is 10.0. The van der Waals surface area contributed by atoms with Gasteiger partial charge in [0.1, 0.15) is 5.01 Å². The van der Waals surface area contributed by atoms with Gasteiger partial charge in [-0.05, 0) is 25.5 Å². The average molecular weight is 361 g/mol. The van der Waals surface area contributed by atoms with Gasteiger partial charge in [0, 0.05) is 29.3 Å². The minimum Gasteiger partial charge on any atom is -0.355 e. The molecule has 1 atom stereocenters. The highest BCUT2D eigenvalue weighted by atomic mass is 32.2. The Morgan fingerprint density at radius 3 is 2.83 bits per heavy atom. The predicted octanol–water partition coefficient (Wildman–Crippen LogP) is 3.76. The predicted molar refractivity (Wildman–Crippen MR) is 106 cm³/mol. The second-order valence-corrected chi connectivity index (χ2v) is 8.80. The van der Waals surface area contributed by atoms with Gasteiger partial charge in [0.2, 0.25) is 0 Å². The highest BCUT2D eigenvalue weighted by molar-refractivity contribution is 8.00. The largest absolute Gasteiger partial charge is 0.355 e. The van der Waals surface area contributed by atoms with Crippen molar-refractivity contribution in [1.82, 2.24) is 15.6 Å². The maximum absolute atomic E-state index is 4.71. The monoisotopic (exact) mass is 360 g/mol. The molecule has 1 aliphatic rings. The van der Waals surface area contributed by atoms with Crippen LogP contribution >= 0.6 is 23.1 Å². The van der Waals surface area contributed by atoms with Gasteiger partial charge in [-0.25, -0.2) is 4.98 Å². The number of thiazole rings is 1. The SMILES string of the molecule is CN=C(NCc1nc(-c2ccccc2)cs1)NCC1(C)CCCS1. The van der Waals surface area contributed by atoms with Crippen LogP contribution in [0.5, 0.6) is 0 Å². The Morgan fingerprint density at radius 2 is 2.12 bits per heavy atom. The number of aromatic nitrogens is 1. The molecule has 24 heavy (non-hydrogen) atoms. The summed E-state index contributed by atoms with van der Waals surface area (Å²) in [5.74, 6) is 2.12. The normalized spacial score (nSPS) is 21.0. The first-order valence-corrected chi connectivity index (χ1v) is 10.1. The third kappa shape index (κ3) is 4.51. The Labute approximate surface area is 152 Å². The van der Waals surface area contributed by atoms with Gasteiger partial charge in [-0.15, -0.1) is 11.3 Å². The van der Waals surface area contributed by atoms with Gasteiger partial charge < -0.3 is 10.6 Å². The number of guanidine groups is 1. The Kier molecular flexibility index (Phi) is 5.79. The molecule has 1 saturated heterocycles. The first-order chi connectivity index (χ1) is 11.7. The molecule has 0 bridgehead atoms. The topological polar surface area (TPSA) is 49.3 Å². The summed E-state index contributed by atoms with van der Waals surface area (Å²) >= 11 is 3.74. The zero-order valence-electron chi connectivity index (χ0n) is 14.2. The van der Waals surface area contributed by atoms with Crippen molar-refractivity contribution >= 4 is 29.1 Å². The number of nitrogens with zero attached hydrogens (tertiary/aromatic N) is 2. The molecule has 1 fully saturated rings. The maximum atomic E-state index is 4.71. The average Bonchev–Trinajstić information content (AvgIpc) is 3.26.